The van der Waals surface area contributed by atoms with E-state index in [1.165, 1.54) is 24.0 Å². The number of pyridine rings is 1. The van der Waals surface area contributed by atoms with Crippen molar-refractivity contribution in [2.24, 2.45) is 10.2 Å². The Labute approximate surface area is 143 Å². The van der Waals surface area contributed by atoms with Crippen LogP contribution in [0, 0.1) is 5.95 Å². The van der Waals surface area contributed by atoms with Gasteiger partial charge in [0.15, 0.2) is 0 Å². The molecular weight excluding hydrogens is 327 g/mol. The van der Waals surface area contributed by atoms with E-state index in [1.807, 2.05) is 37.3 Å². The number of carbonyl (C=O) groups is 1. The van der Waals surface area contributed by atoms with Crippen molar-refractivity contribution in [3.8, 4) is 0 Å². The van der Waals surface area contributed by atoms with E-state index in [1.54, 1.807) is 6.07 Å². The van der Waals surface area contributed by atoms with Gasteiger partial charge in [-0.2, -0.15) is 9.49 Å². The van der Waals surface area contributed by atoms with Crippen LogP contribution in [0.2, 0.25) is 0 Å². The summed E-state index contributed by atoms with van der Waals surface area (Å²) in [6.45, 7) is 1.82. The molecule has 1 aromatic carbocycles. The summed E-state index contributed by atoms with van der Waals surface area (Å²) in [6.07, 6.45) is 1.88. The second-order valence-electron chi connectivity index (χ2n) is 5.20. The first-order valence-electron chi connectivity index (χ1n) is 7.40. The average molecular weight is 342 g/mol. The smallest absolute Gasteiger partial charge is 0.237 e. The summed E-state index contributed by atoms with van der Waals surface area (Å²) in [5.41, 5.74) is 2.09. The lowest BCUT2D eigenvalue weighted by molar-refractivity contribution is -0.115. The number of thioether (sulfide) groups is 1. The molecule has 0 aliphatic carbocycles. The molecule has 2 heterocycles. The van der Waals surface area contributed by atoms with Crippen molar-refractivity contribution in [3.05, 3.63) is 60.2 Å². The second kappa shape index (κ2) is 7.35. The van der Waals surface area contributed by atoms with Crippen LogP contribution in [0.5, 0.6) is 0 Å². The Bertz CT molecular complexity index is 807. The van der Waals surface area contributed by atoms with Gasteiger partial charge in [0.25, 0.3) is 0 Å². The number of benzene rings is 1. The molecule has 122 valence electrons. The van der Waals surface area contributed by atoms with Gasteiger partial charge < -0.3 is 5.32 Å². The van der Waals surface area contributed by atoms with Gasteiger partial charge in [-0.3, -0.25) is 4.79 Å². The minimum Gasteiger partial charge on any atom is -0.325 e. The lowest BCUT2D eigenvalue weighted by Gasteiger charge is -2.11. The average Bonchev–Trinajstić information content (AvgIpc) is 3.04. The van der Waals surface area contributed by atoms with Crippen LogP contribution < -0.4 is 5.32 Å². The molecule has 0 bridgehead atoms. The molecule has 1 aliphatic rings. The number of aromatic nitrogens is 1. The lowest BCUT2D eigenvalue weighted by atomic mass is 10.1. The van der Waals surface area contributed by atoms with E-state index in [9.17, 15) is 9.18 Å². The predicted octanol–water partition coefficient (Wildman–Crippen LogP) is 3.49. The maximum atomic E-state index is 13.2. The minimum atomic E-state index is -0.549. The Hall–Kier alpha value is -2.54. The van der Waals surface area contributed by atoms with Crippen LogP contribution in [0.15, 0.2) is 58.9 Å². The third kappa shape index (κ3) is 4.05. The van der Waals surface area contributed by atoms with Crippen molar-refractivity contribution < 1.29 is 9.18 Å². The quantitative estimate of drug-likeness (QED) is 0.865. The van der Waals surface area contributed by atoms with E-state index in [0.717, 1.165) is 10.7 Å². The SMILES string of the molecule is CC(SC1=NN=C(c2ccnc(F)c2)C1)C(=O)Nc1ccccc1. The van der Waals surface area contributed by atoms with Gasteiger partial charge in [0.05, 0.1) is 11.0 Å². The van der Waals surface area contributed by atoms with Crippen LogP contribution in [-0.4, -0.2) is 26.9 Å². The molecule has 7 heteroatoms. The fourth-order valence-electron chi connectivity index (χ4n) is 2.16. The zero-order valence-corrected chi connectivity index (χ0v) is 13.8. The maximum Gasteiger partial charge on any atom is 0.237 e. The first kappa shape index (κ1) is 16.3. The van der Waals surface area contributed by atoms with Gasteiger partial charge in [-0.15, -0.1) is 5.10 Å². The molecule has 0 saturated carbocycles. The van der Waals surface area contributed by atoms with E-state index in [-0.39, 0.29) is 11.2 Å². The molecule has 1 atom stereocenters. The number of rotatable bonds is 4. The molecule has 1 N–H and O–H groups in total. The number of nitrogens with one attached hydrogen (secondary N) is 1. The standard InChI is InChI=1S/C17H15FN4OS/c1-11(17(23)20-13-5-3-2-4-6-13)24-16-10-14(21-22-16)12-7-8-19-15(18)9-12/h2-9,11H,10H2,1H3,(H,20,23). The van der Waals surface area contributed by atoms with Gasteiger partial charge in [0, 0.05) is 29.9 Å². The van der Waals surface area contributed by atoms with Gasteiger partial charge in [-0.05, 0) is 25.1 Å². The first-order chi connectivity index (χ1) is 11.6. The third-order valence-corrected chi connectivity index (χ3v) is 4.45. The molecule has 24 heavy (non-hydrogen) atoms. The summed E-state index contributed by atoms with van der Waals surface area (Å²) in [5, 5.41) is 11.5. The molecule has 1 aliphatic heterocycles. The highest BCUT2D eigenvalue weighted by Gasteiger charge is 2.21. The van der Waals surface area contributed by atoms with Crippen LogP contribution in [0.3, 0.4) is 0 Å². The molecule has 3 rings (SSSR count). The zero-order chi connectivity index (χ0) is 16.9. The van der Waals surface area contributed by atoms with Crippen LogP contribution >= 0.6 is 11.8 Å². The highest BCUT2D eigenvalue weighted by Crippen LogP contribution is 2.23. The normalized spacial score (nSPS) is 14.8. The number of carbonyl (C=O) groups excluding carboxylic acids is 1. The highest BCUT2D eigenvalue weighted by molar-refractivity contribution is 8.15. The minimum absolute atomic E-state index is 0.0997. The largest absolute Gasteiger partial charge is 0.325 e. The van der Waals surface area contributed by atoms with E-state index >= 15 is 0 Å². The van der Waals surface area contributed by atoms with Gasteiger partial charge in [0.2, 0.25) is 11.9 Å². The van der Waals surface area contributed by atoms with E-state index in [4.69, 9.17) is 0 Å². The fourth-order valence-corrected chi connectivity index (χ4v) is 3.04. The number of hydrogen-bond donors (Lipinski definition) is 1. The van der Waals surface area contributed by atoms with Gasteiger partial charge in [0.1, 0.15) is 5.04 Å². The molecule has 0 spiro atoms. The number of anilines is 1. The molecule has 5 nitrogen and oxygen atoms in total. The van der Waals surface area contributed by atoms with Crippen molar-refractivity contribution >= 4 is 34.1 Å². The number of amides is 1. The molecule has 0 saturated heterocycles. The van der Waals surface area contributed by atoms with E-state index in [0.29, 0.717) is 17.7 Å². The van der Waals surface area contributed by atoms with Crippen LogP contribution in [0.1, 0.15) is 18.9 Å². The van der Waals surface area contributed by atoms with Gasteiger partial charge >= 0.3 is 0 Å². The third-order valence-electron chi connectivity index (χ3n) is 3.38. The first-order valence-corrected chi connectivity index (χ1v) is 8.27. The van der Waals surface area contributed by atoms with Crippen molar-refractivity contribution in [2.45, 2.75) is 18.6 Å². The summed E-state index contributed by atoms with van der Waals surface area (Å²) in [7, 11) is 0. The summed E-state index contributed by atoms with van der Waals surface area (Å²) in [4.78, 5) is 15.7. The number of hydrogen-bond acceptors (Lipinski definition) is 5. The van der Waals surface area contributed by atoms with Crippen LogP contribution in [0.4, 0.5) is 10.1 Å². The Balaban J connectivity index is 1.55. The Morgan fingerprint density at radius 3 is 2.79 bits per heavy atom. The highest BCUT2D eigenvalue weighted by atomic mass is 32.2. The van der Waals surface area contributed by atoms with Gasteiger partial charge in [-0.1, -0.05) is 30.0 Å². The molecule has 1 aromatic heterocycles. The van der Waals surface area contributed by atoms with Gasteiger partial charge in [-0.25, -0.2) is 4.98 Å². The molecular formula is C17H15FN4OS. The van der Waals surface area contributed by atoms with Crippen LogP contribution in [-0.2, 0) is 4.79 Å². The fraction of sp³-hybridized carbons (Fsp3) is 0.176. The van der Waals surface area contributed by atoms with Crippen molar-refractivity contribution in [1.82, 2.24) is 4.98 Å². The molecule has 0 radical (unpaired) electrons. The van der Waals surface area contributed by atoms with Crippen LogP contribution in [0.25, 0.3) is 0 Å². The van der Waals surface area contributed by atoms with Crippen molar-refractivity contribution in [3.63, 3.8) is 0 Å². The number of nitrogens with zero attached hydrogens (tertiary/aromatic N) is 3. The predicted molar refractivity (Wildman–Crippen MR) is 94.9 cm³/mol. The molecule has 1 amide bonds. The Kier molecular flexibility index (Phi) is 5.00. The Morgan fingerprint density at radius 2 is 2.04 bits per heavy atom. The van der Waals surface area contributed by atoms with E-state index in [2.05, 4.69) is 20.5 Å². The zero-order valence-electron chi connectivity index (χ0n) is 12.9. The second-order valence-corrected chi connectivity index (χ2v) is 6.61. The number of para-hydroxylation sites is 1. The summed E-state index contributed by atoms with van der Waals surface area (Å²) in [6, 6.07) is 12.3. The summed E-state index contributed by atoms with van der Waals surface area (Å²) < 4.78 is 13.2. The topological polar surface area (TPSA) is 66.7 Å². The molecule has 2 aromatic rings. The van der Waals surface area contributed by atoms with E-state index < -0.39 is 5.95 Å². The summed E-state index contributed by atoms with van der Waals surface area (Å²) >= 11 is 1.35. The maximum absolute atomic E-state index is 13.2. The molecule has 0 fully saturated rings. The van der Waals surface area contributed by atoms with Crippen molar-refractivity contribution in [2.75, 3.05) is 5.32 Å². The lowest BCUT2D eigenvalue weighted by Crippen LogP contribution is -2.23. The summed E-state index contributed by atoms with van der Waals surface area (Å²) in [5.74, 6) is -0.649. The molecule has 1 unspecified atom stereocenters. The van der Waals surface area contributed by atoms with Crippen molar-refractivity contribution in [1.29, 1.82) is 0 Å². The monoisotopic (exact) mass is 342 g/mol. The number of halogens is 1. The Morgan fingerprint density at radius 1 is 1.25 bits per heavy atom.